The average molecular weight is 165 g/mol. The van der Waals surface area contributed by atoms with Crippen molar-refractivity contribution >= 4 is 5.91 Å². The van der Waals surface area contributed by atoms with E-state index in [9.17, 15) is 4.79 Å². The lowest BCUT2D eigenvalue weighted by atomic mass is 9.74. The smallest absolute Gasteiger partial charge is 0.218 e. The highest BCUT2D eigenvalue weighted by atomic mass is 16.1. The predicted octanol–water partition coefficient (Wildman–Crippen LogP) is 1.63. The van der Waals surface area contributed by atoms with Gasteiger partial charge in [-0.05, 0) is 11.3 Å². The van der Waals surface area contributed by atoms with E-state index in [0.717, 1.165) is 0 Å². The molecule has 2 heteroatoms. The summed E-state index contributed by atoms with van der Waals surface area (Å²) >= 11 is 0. The van der Waals surface area contributed by atoms with Crippen molar-refractivity contribution in [3.8, 4) is 0 Å². The number of allylic oxidation sites excluding steroid dienone is 4. The van der Waals surface area contributed by atoms with Crippen molar-refractivity contribution in [2.75, 3.05) is 0 Å². The quantitative estimate of drug-likeness (QED) is 0.664. The Balaban J connectivity index is 2.70. The number of nitrogens with two attached hydrogens (primary N) is 1. The first-order valence-electron chi connectivity index (χ1n) is 4.17. The van der Waals surface area contributed by atoms with Gasteiger partial charge < -0.3 is 5.73 Å². The number of rotatable bonds is 2. The van der Waals surface area contributed by atoms with Gasteiger partial charge in [-0.15, -0.1) is 0 Å². The standard InChI is InChI=1S/C10H15NO/c1-10(2)6-4-3-5-8(10)7-9(11)12/h3-6,8H,7H2,1-2H3,(H2,11,12). The molecule has 1 unspecified atom stereocenters. The topological polar surface area (TPSA) is 43.1 Å². The molecule has 0 saturated heterocycles. The fourth-order valence-electron chi connectivity index (χ4n) is 1.42. The Labute approximate surface area is 73.1 Å². The molecule has 0 aliphatic heterocycles. The first kappa shape index (κ1) is 9.04. The van der Waals surface area contributed by atoms with Crippen LogP contribution < -0.4 is 5.73 Å². The molecule has 1 aliphatic rings. The van der Waals surface area contributed by atoms with Crippen molar-refractivity contribution in [1.82, 2.24) is 0 Å². The van der Waals surface area contributed by atoms with Crippen LogP contribution in [-0.2, 0) is 4.79 Å². The van der Waals surface area contributed by atoms with Gasteiger partial charge >= 0.3 is 0 Å². The van der Waals surface area contributed by atoms with Crippen molar-refractivity contribution < 1.29 is 4.79 Å². The highest BCUT2D eigenvalue weighted by Crippen LogP contribution is 2.34. The third-order valence-corrected chi connectivity index (χ3v) is 2.36. The van der Waals surface area contributed by atoms with Gasteiger partial charge in [-0.1, -0.05) is 38.2 Å². The molecule has 2 nitrogen and oxygen atoms in total. The summed E-state index contributed by atoms with van der Waals surface area (Å²) in [5.74, 6) is 0.0213. The molecule has 66 valence electrons. The first-order chi connectivity index (χ1) is 5.52. The Morgan fingerprint density at radius 1 is 1.50 bits per heavy atom. The van der Waals surface area contributed by atoms with E-state index in [2.05, 4.69) is 19.9 Å². The van der Waals surface area contributed by atoms with Crippen LogP contribution in [0.1, 0.15) is 20.3 Å². The van der Waals surface area contributed by atoms with E-state index in [4.69, 9.17) is 5.73 Å². The minimum Gasteiger partial charge on any atom is -0.370 e. The zero-order valence-corrected chi connectivity index (χ0v) is 7.58. The SMILES string of the molecule is CC1(C)C=CC=CC1CC(N)=O. The lowest BCUT2D eigenvalue weighted by Crippen LogP contribution is -2.27. The number of hydrogen-bond acceptors (Lipinski definition) is 1. The number of amides is 1. The van der Waals surface area contributed by atoms with Crippen LogP contribution in [0.15, 0.2) is 24.3 Å². The second kappa shape index (κ2) is 3.13. The van der Waals surface area contributed by atoms with Crippen LogP contribution >= 0.6 is 0 Å². The van der Waals surface area contributed by atoms with E-state index in [1.807, 2.05) is 18.2 Å². The third-order valence-electron chi connectivity index (χ3n) is 2.36. The van der Waals surface area contributed by atoms with E-state index in [1.165, 1.54) is 0 Å². The zero-order valence-electron chi connectivity index (χ0n) is 7.58. The zero-order chi connectivity index (χ0) is 9.19. The lowest BCUT2D eigenvalue weighted by Gasteiger charge is -2.30. The molecule has 1 atom stereocenters. The van der Waals surface area contributed by atoms with Crippen molar-refractivity contribution in [1.29, 1.82) is 0 Å². The Hall–Kier alpha value is -1.05. The van der Waals surface area contributed by atoms with Gasteiger partial charge in [0.25, 0.3) is 0 Å². The van der Waals surface area contributed by atoms with Crippen molar-refractivity contribution in [2.45, 2.75) is 20.3 Å². The molecule has 0 aromatic heterocycles. The second-order valence-corrected chi connectivity index (χ2v) is 3.84. The largest absolute Gasteiger partial charge is 0.370 e. The van der Waals surface area contributed by atoms with Crippen molar-refractivity contribution in [2.24, 2.45) is 17.1 Å². The molecule has 0 radical (unpaired) electrons. The van der Waals surface area contributed by atoms with Crippen LogP contribution in [0.2, 0.25) is 0 Å². The van der Waals surface area contributed by atoms with Gasteiger partial charge in [-0.3, -0.25) is 4.79 Å². The number of carbonyl (C=O) groups excluding carboxylic acids is 1. The van der Waals surface area contributed by atoms with Gasteiger partial charge in [0.15, 0.2) is 0 Å². The summed E-state index contributed by atoms with van der Waals surface area (Å²) < 4.78 is 0. The summed E-state index contributed by atoms with van der Waals surface area (Å²) in [7, 11) is 0. The van der Waals surface area contributed by atoms with E-state index >= 15 is 0 Å². The maximum Gasteiger partial charge on any atom is 0.218 e. The van der Waals surface area contributed by atoms with Gasteiger partial charge in [-0.2, -0.15) is 0 Å². The molecule has 0 saturated carbocycles. The molecule has 1 aliphatic carbocycles. The summed E-state index contributed by atoms with van der Waals surface area (Å²) in [6.07, 6.45) is 8.58. The van der Waals surface area contributed by atoms with Crippen LogP contribution in [0, 0.1) is 11.3 Å². The Morgan fingerprint density at radius 2 is 2.17 bits per heavy atom. The predicted molar refractivity (Wildman–Crippen MR) is 49.4 cm³/mol. The Bertz CT molecular complexity index is 238. The van der Waals surface area contributed by atoms with Gasteiger partial charge in [0.05, 0.1) is 0 Å². The molecule has 0 spiro atoms. The van der Waals surface area contributed by atoms with Gasteiger partial charge in [0.1, 0.15) is 0 Å². The average Bonchev–Trinajstić information content (AvgIpc) is 1.92. The van der Waals surface area contributed by atoms with Crippen LogP contribution in [0.25, 0.3) is 0 Å². The van der Waals surface area contributed by atoms with Gasteiger partial charge in [0.2, 0.25) is 5.91 Å². The van der Waals surface area contributed by atoms with Crippen LogP contribution in [0.5, 0.6) is 0 Å². The minimum absolute atomic E-state index is 0.0593. The number of primary amides is 1. The molecule has 0 bridgehead atoms. The third kappa shape index (κ3) is 1.97. The number of carbonyl (C=O) groups is 1. The fourth-order valence-corrected chi connectivity index (χ4v) is 1.42. The summed E-state index contributed by atoms with van der Waals surface area (Å²) in [4.78, 5) is 10.7. The van der Waals surface area contributed by atoms with Crippen LogP contribution in [-0.4, -0.2) is 5.91 Å². The van der Waals surface area contributed by atoms with E-state index in [-0.39, 0.29) is 17.2 Å². The normalized spacial score (nSPS) is 25.7. The van der Waals surface area contributed by atoms with E-state index in [0.29, 0.717) is 6.42 Å². The molecule has 0 fully saturated rings. The number of hydrogen-bond donors (Lipinski definition) is 1. The Morgan fingerprint density at radius 3 is 2.67 bits per heavy atom. The summed E-state index contributed by atoms with van der Waals surface area (Å²) in [5.41, 5.74) is 5.21. The molecule has 2 N–H and O–H groups in total. The highest BCUT2D eigenvalue weighted by molar-refractivity contribution is 5.74. The van der Waals surface area contributed by atoms with Crippen LogP contribution in [0.4, 0.5) is 0 Å². The lowest BCUT2D eigenvalue weighted by molar-refractivity contribution is -0.119. The fraction of sp³-hybridized carbons (Fsp3) is 0.500. The maximum absolute atomic E-state index is 10.7. The van der Waals surface area contributed by atoms with Crippen molar-refractivity contribution in [3.05, 3.63) is 24.3 Å². The molecule has 0 aromatic carbocycles. The molecule has 0 aromatic rings. The van der Waals surface area contributed by atoms with Gasteiger partial charge in [-0.25, -0.2) is 0 Å². The molecule has 12 heavy (non-hydrogen) atoms. The van der Waals surface area contributed by atoms with Crippen molar-refractivity contribution in [3.63, 3.8) is 0 Å². The first-order valence-corrected chi connectivity index (χ1v) is 4.17. The molecule has 1 rings (SSSR count). The van der Waals surface area contributed by atoms with Gasteiger partial charge in [0, 0.05) is 6.42 Å². The second-order valence-electron chi connectivity index (χ2n) is 3.84. The maximum atomic E-state index is 10.7. The van der Waals surface area contributed by atoms with E-state index in [1.54, 1.807) is 0 Å². The van der Waals surface area contributed by atoms with E-state index < -0.39 is 0 Å². The summed E-state index contributed by atoms with van der Waals surface area (Å²) in [6, 6.07) is 0. The highest BCUT2D eigenvalue weighted by Gasteiger charge is 2.27. The molecular formula is C10H15NO. The monoisotopic (exact) mass is 165 g/mol. The molecule has 0 heterocycles. The molecule has 1 amide bonds. The summed E-state index contributed by atoms with van der Waals surface area (Å²) in [6.45, 7) is 4.22. The van der Waals surface area contributed by atoms with Crippen LogP contribution in [0.3, 0.4) is 0 Å². The summed E-state index contributed by atoms with van der Waals surface area (Å²) in [5, 5.41) is 0. The molecular weight excluding hydrogens is 150 g/mol. The minimum atomic E-state index is -0.229. The Kier molecular flexibility index (Phi) is 2.36.